The van der Waals surface area contributed by atoms with Crippen molar-refractivity contribution in [3.05, 3.63) is 0 Å². The number of hydrogen-bond acceptors (Lipinski definition) is 3. The van der Waals surface area contributed by atoms with Crippen LogP contribution in [-0.4, -0.2) is 51.9 Å². The van der Waals surface area contributed by atoms with E-state index in [-0.39, 0.29) is 13.0 Å². The van der Waals surface area contributed by atoms with Gasteiger partial charge in [0.1, 0.15) is 11.7 Å². The largest absolute Gasteiger partial charge is 0.467 e. The molecule has 1 aliphatic heterocycles. The summed E-state index contributed by atoms with van der Waals surface area (Å²) in [5.74, 6) is -0.662. The number of ether oxygens (including phenoxy) is 1. The van der Waals surface area contributed by atoms with Gasteiger partial charge in [0.25, 0.3) is 0 Å². The lowest BCUT2D eigenvalue weighted by molar-refractivity contribution is -0.153. The van der Waals surface area contributed by atoms with Crippen molar-refractivity contribution in [2.24, 2.45) is 0 Å². The van der Waals surface area contributed by atoms with E-state index in [1.165, 1.54) is 7.11 Å². The van der Waals surface area contributed by atoms with Crippen LogP contribution >= 0.6 is 22.6 Å². The number of methoxy groups -OCH3 is 1. The van der Waals surface area contributed by atoms with Crippen LogP contribution in [-0.2, 0) is 9.53 Å². The van der Waals surface area contributed by atoms with E-state index < -0.39 is 23.8 Å². The molecule has 1 saturated heterocycles. The van der Waals surface area contributed by atoms with Crippen LogP contribution in [0.1, 0.15) is 19.3 Å². The van der Waals surface area contributed by atoms with Crippen molar-refractivity contribution < 1.29 is 23.8 Å². The van der Waals surface area contributed by atoms with Gasteiger partial charge in [0.2, 0.25) is 0 Å². The molecule has 17 heavy (non-hydrogen) atoms. The Kier molecular flexibility index (Phi) is 4.96. The van der Waals surface area contributed by atoms with Crippen LogP contribution in [0.25, 0.3) is 0 Å². The highest BCUT2D eigenvalue weighted by atomic mass is 127. The molecule has 98 valence electrons. The van der Waals surface area contributed by atoms with Gasteiger partial charge < -0.3 is 9.84 Å². The molecule has 0 spiro atoms. The van der Waals surface area contributed by atoms with Crippen molar-refractivity contribution in [1.29, 1.82) is 0 Å². The Hall–Kier alpha value is -0.600. The van der Waals surface area contributed by atoms with Gasteiger partial charge in [0, 0.05) is 6.42 Å². The fourth-order valence-corrected chi connectivity index (χ4v) is 2.64. The Morgan fingerprint density at radius 1 is 1.65 bits per heavy atom. The second kappa shape index (κ2) is 5.83. The summed E-state index contributed by atoms with van der Waals surface area (Å²) in [5, 5.41) is 9.06. The summed E-state index contributed by atoms with van der Waals surface area (Å²) in [7, 11) is 1.19. The van der Waals surface area contributed by atoms with Crippen LogP contribution in [0.2, 0.25) is 0 Å². The SMILES string of the molecule is COC(=O)[C@]1(CCCI)C[C@H](F)CN1C(=O)O. The third-order valence-corrected chi connectivity index (χ3v) is 3.74. The minimum atomic E-state index is -1.34. The zero-order valence-corrected chi connectivity index (χ0v) is 11.6. The van der Waals surface area contributed by atoms with Gasteiger partial charge in [-0.05, 0) is 17.3 Å². The number of amides is 1. The summed E-state index contributed by atoms with van der Waals surface area (Å²) in [4.78, 5) is 23.8. The number of alkyl halides is 2. The molecule has 1 N–H and O–H groups in total. The molecule has 7 heteroatoms. The monoisotopic (exact) mass is 359 g/mol. The van der Waals surface area contributed by atoms with Crippen molar-refractivity contribution in [3.63, 3.8) is 0 Å². The third-order valence-electron chi connectivity index (χ3n) is 2.98. The van der Waals surface area contributed by atoms with E-state index in [1.807, 2.05) is 0 Å². The summed E-state index contributed by atoms with van der Waals surface area (Å²) < 4.78 is 18.9. The standard InChI is InChI=1S/C10H15FINO4/c1-17-8(14)10(3-2-4-12)5-7(11)6-13(10)9(15)16/h7H,2-6H2,1H3,(H,15,16)/t7-,10-/m0/s1. The molecule has 0 aromatic rings. The Bertz CT molecular complexity index is 315. The van der Waals surface area contributed by atoms with Crippen LogP contribution in [0.4, 0.5) is 9.18 Å². The Balaban J connectivity index is 3.01. The second-order valence-electron chi connectivity index (χ2n) is 4.01. The summed E-state index contributed by atoms with van der Waals surface area (Å²) >= 11 is 2.13. The average molecular weight is 359 g/mol. The highest BCUT2D eigenvalue weighted by Crippen LogP contribution is 2.36. The van der Waals surface area contributed by atoms with Crippen LogP contribution in [0, 0.1) is 0 Å². The number of rotatable bonds is 4. The topological polar surface area (TPSA) is 66.8 Å². The molecule has 0 aliphatic carbocycles. The molecule has 1 fully saturated rings. The molecule has 2 atom stereocenters. The van der Waals surface area contributed by atoms with Crippen LogP contribution < -0.4 is 0 Å². The maximum absolute atomic E-state index is 13.4. The molecule has 5 nitrogen and oxygen atoms in total. The second-order valence-corrected chi connectivity index (χ2v) is 5.09. The quantitative estimate of drug-likeness (QED) is 0.473. The summed E-state index contributed by atoms with van der Waals surface area (Å²) in [6, 6.07) is 0. The fraction of sp³-hybridized carbons (Fsp3) is 0.800. The number of carbonyl (C=O) groups excluding carboxylic acids is 1. The summed E-state index contributed by atoms with van der Waals surface area (Å²) in [6.45, 7) is -0.258. The zero-order valence-electron chi connectivity index (χ0n) is 9.49. The lowest BCUT2D eigenvalue weighted by Crippen LogP contribution is -2.53. The predicted molar refractivity (Wildman–Crippen MR) is 67.1 cm³/mol. The van der Waals surface area contributed by atoms with Crippen molar-refractivity contribution in [2.75, 3.05) is 18.1 Å². The van der Waals surface area contributed by atoms with Gasteiger partial charge in [-0.25, -0.2) is 14.0 Å². The number of halogens is 2. The molecule has 0 radical (unpaired) electrons. The fourth-order valence-electron chi connectivity index (χ4n) is 2.26. The maximum Gasteiger partial charge on any atom is 0.408 e. The number of hydrogen-bond donors (Lipinski definition) is 1. The molecule has 1 amide bonds. The number of likely N-dealkylation sites (tertiary alicyclic amines) is 1. The smallest absolute Gasteiger partial charge is 0.408 e. The van der Waals surface area contributed by atoms with Gasteiger partial charge in [-0.15, -0.1) is 0 Å². The summed E-state index contributed by atoms with van der Waals surface area (Å²) in [6.07, 6.45) is -1.74. The molecule has 0 bridgehead atoms. The third kappa shape index (κ3) is 2.80. The number of carboxylic acid groups (broad SMARTS) is 1. The molecule has 0 saturated carbocycles. The Morgan fingerprint density at radius 3 is 2.76 bits per heavy atom. The normalized spacial score (nSPS) is 28.2. The summed E-state index contributed by atoms with van der Waals surface area (Å²) in [5.41, 5.74) is -1.34. The van der Waals surface area contributed by atoms with Crippen molar-refractivity contribution in [1.82, 2.24) is 4.90 Å². The minimum absolute atomic E-state index is 0.109. The molecule has 0 aromatic heterocycles. The van der Waals surface area contributed by atoms with E-state index in [9.17, 15) is 14.0 Å². The van der Waals surface area contributed by atoms with E-state index in [1.54, 1.807) is 0 Å². The van der Waals surface area contributed by atoms with E-state index in [4.69, 9.17) is 5.11 Å². The lowest BCUT2D eigenvalue weighted by atomic mass is 9.90. The molecular weight excluding hydrogens is 344 g/mol. The van der Waals surface area contributed by atoms with E-state index >= 15 is 0 Å². The van der Waals surface area contributed by atoms with Crippen LogP contribution in [0.15, 0.2) is 0 Å². The van der Waals surface area contributed by atoms with Crippen molar-refractivity contribution in [2.45, 2.75) is 31.0 Å². The minimum Gasteiger partial charge on any atom is -0.467 e. The van der Waals surface area contributed by atoms with Gasteiger partial charge in [-0.1, -0.05) is 22.6 Å². The number of nitrogens with zero attached hydrogens (tertiary/aromatic N) is 1. The molecule has 1 heterocycles. The maximum atomic E-state index is 13.4. The lowest BCUT2D eigenvalue weighted by Gasteiger charge is -2.33. The first-order valence-electron chi connectivity index (χ1n) is 5.27. The van der Waals surface area contributed by atoms with Crippen molar-refractivity contribution in [3.8, 4) is 0 Å². The molecule has 1 aliphatic rings. The van der Waals surface area contributed by atoms with Gasteiger partial charge in [0.05, 0.1) is 13.7 Å². The van der Waals surface area contributed by atoms with Gasteiger partial charge in [0.15, 0.2) is 0 Å². The zero-order chi connectivity index (χ0) is 13.1. The first-order valence-corrected chi connectivity index (χ1v) is 6.79. The number of carbonyl (C=O) groups is 2. The van der Waals surface area contributed by atoms with Gasteiger partial charge in [-0.2, -0.15) is 0 Å². The van der Waals surface area contributed by atoms with Crippen LogP contribution in [0.3, 0.4) is 0 Å². The number of esters is 1. The van der Waals surface area contributed by atoms with Gasteiger partial charge >= 0.3 is 12.1 Å². The highest BCUT2D eigenvalue weighted by Gasteiger charge is 2.54. The molecule has 1 rings (SSSR count). The van der Waals surface area contributed by atoms with Crippen LogP contribution in [0.5, 0.6) is 0 Å². The average Bonchev–Trinajstić information content (AvgIpc) is 2.64. The molecule has 0 unspecified atom stereocenters. The molecule has 0 aromatic carbocycles. The first kappa shape index (κ1) is 14.5. The van der Waals surface area contributed by atoms with E-state index in [0.29, 0.717) is 12.8 Å². The Morgan fingerprint density at radius 2 is 2.29 bits per heavy atom. The highest BCUT2D eigenvalue weighted by molar-refractivity contribution is 14.1. The molecular formula is C10H15FINO4. The van der Waals surface area contributed by atoms with Crippen molar-refractivity contribution >= 4 is 34.7 Å². The van der Waals surface area contributed by atoms with Gasteiger partial charge in [-0.3, -0.25) is 4.90 Å². The Labute approximate surface area is 112 Å². The first-order chi connectivity index (χ1) is 7.97. The van der Waals surface area contributed by atoms with E-state index in [0.717, 1.165) is 9.33 Å². The predicted octanol–water partition coefficient (Wildman–Crippen LogP) is 1.84. The van der Waals surface area contributed by atoms with E-state index in [2.05, 4.69) is 27.3 Å².